The molecule has 1 unspecified atom stereocenters. The second-order valence-electron chi connectivity index (χ2n) is 21.9. The molecule has 0 aromatic rings. The summed E-state index contributed by atoms with van der Waals surface area (Å²) >= 11 is 0. The lowest BCUT2D eigenvalue weighted by atomic mass is 9.99. The SMILES string of the molecule is CC(C)CCCCC(=O)N[C@@H](CCN)C(=O)N[C@H](C(=O)NC(CCN)C(=O)N[C@H]1CCNC(=O)[C@H]([C@@H](C)O)NC(=O)[C@H](CCN)NC(=O)[C@H](CCN)NC(=O)[C@H](CC(C)C)NC(=O)[C@@H](CC(C)C)NC(=O)[C@H](CCN)NC1=O)[C@@H](C)O. The number of carbonyl (C=O) groups excluding carboxylic acids is 11. The Bertz CT molecular complexity index is 2050. The van der Waals surface area contributed by atoms with Gasteiger partial charge >= 0.3 is 0 Å². The molecule has 23 N–H and O–H groups in total. The van der Waals surface area contributed by atoms with Gasteiger partial charge in [0.1, 0.15) is 60.4 Å². The Hall–Kier alpha value is -6.11. The Morgan fingerprint density at radius 2 is 0.926 bits per heavy atom. The molecular weight excluding hydrogens is 1060 g/mol. The molecule has 0 bridgehead atoms. The number of carbonyl (C=O) groups is 11. The Balaban J connectivity index is 3.83. The Kier molecular flexibility index (Phi) is 34.7. The van der Waals surface area contributed by atoms with Gasteiger partial charge in [-0.1, -0.05) is 54.4 Å². The Morgan fingerprint density at radius 1 is 0.494 bits per heavy atom. The van der Waals surface area contributed by atoms with Crippen LogP contribution in [0, 0.1) is 17.8 Å². The van der Waals surface area contributed by atoms with E-state index in [1.165, 1.54) is 13.8 Å². The fourth-order valence-corrected chi connectivity index (χ4v) is 8.62. The molecule has 12 atom stereocenters. The van der Waals surface area contributed by atoms with Gasteiger partial charge in [0.25, 0.3) is 0 Å². The minimum absolute atomic E-state index is 0.0139. The molecule has 0 aliphatic carbocycles. The quantitative estimate of drug-likeness (QED) is 0.0325. The van der Waals surface area contributed by atoms with Crippen LogP contribution in [0.5, 0.6) is 0 Å². The topological polar surface area (TPSA) is 491 Å². The summed E-state index contributed by atoms with van der Waals surface area (Å²) in [6.07, 6.45) is -1.81. The van der Waals surface area contributed by atoms with Crippen molar-refractivity contribution in [2.45, 2.75) is 205 Å². The van der Waals surface area contributed by atoms with Gasteiger partial charge in [0.2, 0.25) is 65.0 Å². The van der Waals surface area contributed by atoms with E-state index in [1.807, 2.05) is 0 Å². The van der Waals surface area contributed by atoms with Crippen LogP contribution < -0.4 is 87.2 Å². The number of hydrogen-bond donors (Lipinski definition) is 18. The van der Waals surface area contributed by atoms with Gasteiger partial charge in [-0.25, -0.2) is 0 Å². The highest BCUT2D eigenvalue weighted by atomic mass is 16.3. The first-order valence-electron chi connectivity index (χ1n) is 28.3. The van der Waals surface area contributed by atoms with Gasteiger partial charge < -0.3 is 97.4 Å². The average Bonchev–Trinajstić information content (AvgIpc) is 3.41. The third-order valence-corrected chi connectivity index (χ3v) is 13.1. The van der Waals surface area contributed by atoms with E-state index in [1.54, 1.807) is 27.7 Å². The fourth-order valence-electron chi connectivity index (χ4n) is 8.62. The molecule has 1 heterocycles. The molecule has 1 saturated heterocycles. The molecule has 0 spiro atoms. The van der Waals surface area contributed by atoms with E-state index in [9.17, 15) is 63.0 Å². The first-order chi connectivity index (χ1) is 38.1. The molecule has 29 heteroatoms. The molecule has 1 aliphatic rings. The molecule has 11 amide bonds. The first-order valence-corrected chi connectivity index (χ1v) is 28.3. The van der Waals surface area contributed by atoms with E-state index >= 15 is 0 Å². The van der Waals surface area contributed by atoms with Crippen molar-refractivity contribution < 1.29 is 63.0 Å². The van der Waals surface area contributed by atoms with Crippen LogP contribution >= 0.6 is 0 Å². The third kappa shape index (κ3) is 27.5. The number of aliphatic hydroxyl groups excluding tert-OH is 2. The first kappa shape index (κ1) is 72.9. The summed E-state index contributed by atoms with van der Waals surface area (Å²) in [6.45, 7) is 12.6. The maximum Gasteiger partial charge on any atom is 0.245 e. The van der Waals surface area contributed by atoms with E-state index < -0.39 is 151 Å². The molecule has 1 aliphatic heterocycles. The van der Waals surface area contributed by atoms with E-state index in [0.29, 0.717) is 12.3 Å². The number of nitrogens with two attached hydrogens (primary N) is 5. The molecule has 1 rings (SSSR count). The van der Waals surface area contributed by atoms with Gasteiger partial charge in [-0.05, 0) is 122 Å². The molecule has 0 aromatic heterocycles. The van der Waals surface area contributed by atoms with E-state index in [-0.39, 0.29) is 95.9 Å². The van der Waals surface area contributed by atoms with Crippen LogP contribution in [0.2, 0.25) is 0 Å². The highest BCUT2D eigenvalue weighted by Gasteiger charge is 2.37. The number of amides is 11. The standard InChI is InChI=1S/C52H98N16O13/c1-27(2)11-9-10-12-40(71)59-32(13-19-53)47(76)68-42(31(8)70)52(81)64-35(16-22-56)44(73)63-37-18-24-58-51(80)41(30(7)69)67-48(77)36(17-23-57)61-43(72)33(14-20-54)62-49(78)38(25-28(3)4)66-50(79)39(26-29(5)6)65-45(74)34(15-21-55)60-46(37)75/h27-39,41-42,69-70H,9-26,53-57H2,1-8H3,(H,58,80)(H,59,71)(H,60,75)(H,61,72)(H,62,78)(H,63,73)(H,64,81)(H,65,74)(H,66,79)(H,67,77)(H,68,76)/t30-,31-,32+,33+,34+,35?,36+,37+,38+,39-,41+,42+/m1/s1. The lowest BCUT2D eigenvalue weighted by molar-refractivity contribution is -0.137. The van der Waals surface area contributed by atoms with Crippen LogP contribution in [0.3, 0.4) is 0 Å². The molecule has 0 saturated carbocycles. The smallest absolute Gasteiger partial charge is 0.245 e. The Labute approximate surface area is 475 Å². The lowest BCUT2D eigenvalue weighted by Gasteiger charge is -2.29. The van der Waals surface area contributed by atoms with E-state index in [0.717, 1.165) is 12.8 Å². The van der Waals surface area contributed by atoms with Crippen LogP contribution in [0.25, 0.3) is 0 Å². The molecule has 0 radical (unpaired) electrons. The number of rotatable bonds is 28. The Morgan fingerprint density at radius 3 is 1.35 bits per heavy atom. The maximum atomic E-state index is 14.4. The van der Waals surface area contributed by atoms with Crippen LogP contribution in [-0.4, -0.2) is 187 Å². The van der Waals surface area contributed by atoms with Crippen LogP contribution in [0.15, 0.2) is 0 Å². The van der Waals surface area contributed by atoms with Crippen molar-refractivity contribution >= 4 is 65.0 Å². The molecule has 0 aromatic carbocycles. The predicted octanol–water partition coefficient (Wildman–Crippen LogP) is -5.83. The molecular formula is C52H98N16O13. The van der Waals surface area contributed by atoms with Gasteiger partial charge in [0.15, 0.2) is 0 Å². The highest BCUT2D eigenvalue weighted by Crippen LogP contribution is 2.13. The van der Waals surface area contributed by atoms with Gasteiger partial charge in [-0.3, -0.25) is 52.7 Å². The summed E-state index contributed by atoms with van der Waals surface area (Å²) in [7, 11) is 0. The predicted molar refractivity (Wildman–Crippen MR) is 301 cm³/mol. The molecule has 464 valence electrons. The summed E-state index contributed by atoms with van der Waals surface area (Å²) < 4.78 is 0. The zero-order chi connectivity index (χ0) is 61.5. The minimum Gasteiger partial charge on any atom is -0.391 e. The van der Waals surface area contributed by atoms with Crippen molar-refractivity contribution in [1.29, 1.82) is 0 Å². The highest BCUT2D eigenvalue weighted by molar-refractivity contribution is 5.99. The number of aliphatic hydroxyl groups is 2. The molecule has 81 heavy (non-hydrogen) atoms. The monoisotopic (exact) mass is 1150 g/mol. The lowest BCUT2D eigenvalue weighted by Crippen LogP contribution is -2.62. The molecule has 1 fully saturated rings. The summed E-state index contributed by atoms with van der Waals surface area (Å²) in [4.78, 5) is 152. The van der Waals surface area contributed by atoms with Crippen LogP contribution in [-0.2, 0) is 52.7 Å². The number of unbranched alkanes of at least 4 members (excludes halogenated alkanes) is 1. The summed E-state index contributed by atoms with van der Waals surface area (Å²) in [6, 6.07) is -14.5. The minimum atomic E-state index is -1.69. The van der Waals surface area contributed by atoms with Crippen molar-refractivity contribution in [1.82, 2.24) is 58.5 Å². The summed E-state index contributed by atoms with van der Waals surface area (Å²) in [5.74, 6) is -9.55. The van der Waals surface area contributed by atoms with Crippen molar-refractivity contribution in [3.63, 3.8) is 0 Å². The number of nitrogens with one attached hydrogen (secondary N) is 11. The van der Waals surface area contributed by atoms with Crippen LogP contribution in [0.4, 0.5) is 0 Å². The van der Waals surface area contributed by atoms with Crippen LogP contribution in [0.1, 0.15) is 132 Å². The number of hydrogen-bond acceptors (Lipinski definition) is 18. The van der Waals surface area contributed by atoms with Crippen molar-refractivity contribution in [3.8, 4) is 0 Å². The largest absolute Gasteiger partial charge is 0.391 e. The van der Waals surface area contributed by atoms with Gasteiger partial charge in [-0.15, -0.1) is 0 Å². The summed E-state index contributed by atoms with van der Waals surface area (Å²) in [5, 5.41) is 49.5. The third-order valence-electron chi connectivity index (χ3n) is 13.1. The molecule has 29 nitrogen and oxygen atoms in total. The van der Waals surface area contributed by atoms with E-state index in [4.69, 9.17) is 28.7 Å². The average molecular weight is 1160 g/mol. The summed E-state index contributed by atoms with van der Waals surface area (Å²) in [5.41, 5.74) is 29.2. The van der Waals surface area contributed by atoms with E-state index in [2.05, 4.69) is 72.3 Å². The van der Waals surface area contributed by atoms with Gasteiger partial charge in [0.05, 0.1) is 12.2 Å². The van der Waals surface area contributed by atoms with Crippen molar-refractivity contribution in [2.24, 2.45) is 46.4 Å². The second kappa shape index (κ2) is 38.6. The second-order valence-corrected chi connectivity index (χ2v) is 21.9. The normalized spacial score (nSPS) is 23.2. The van der Waals surface area contributed by atoms with Gasteiger partial charge in [-0.2, -0.15) is 0 Å². The van der Waals surface area contributed by atoms with Crippen molar-refractivity contribution in [3.05, 3.63) is 0 Å². The zero-order valence-corrected chi connectivity index (χ0v) is 48.7. The van der Waals surface area contributed by atoms with Crippen molar-refractivity contribution in [2.75, 3.05) is 39.3 Å². The zero-order valence-electron chi connectivity index (χ0n) is 48.7. The van der Waals surface area contributed by atoms with Gasteiger partial charge in [0, 0.05) is 13.0 Å². The maximum absolute atomic E-state index is 14.4. The fraction of sp³-hybridized carbons (Fsp3) is 0.788.